The molecule has 0 amide bonds. The van der Waals surface area contributed by atoms with Gasteiger partial charge in [0, 0.05) is 16.6 Å². The Balaban J connectivity index is 3.09. The van der Waals surface area contributed by atoms with Gasteiger partial charge < -0.3 is 5.73 Å². The largest absolute Gasteiger partial charge is 0.383 e. The quantitative estimate of drug-likeness (QED) is 0.627. The normalized spacial score (nSPS) is 11.8. The highest BCUT2D eigenvalue weighted by atomic mass is 79.9. The number of nitrogens with zero attached hydrogens (tertiary/aromatic N) is 1. The molecule has 70 valence electrons. The van der Waals surface area contributed by atoms with Crippen LogP contribution in [0, 0.1) is 6.92 Å². The topological polar surface area (TPSA) is 38.4 Å². The number of rotatable bonds is 2. The smallest absolute Gasteiger partial charge is 0.126 e. The highest BCUT2D eigenvalue weighted by Gasteiger charge is 2.02. The Morgan fingerprint density at radius 3 is 2.77 bits per heavy atom. The number of halogens is 1. The second-order valence-electron chi connectivity index (χ2n) is 2.84. The van der Waals surface area contributed by atoms with E-state index in [0.717, 1.165) is 10.0 Å². The summed E-state index contributed by atoms with van der Waals surface area (Å²) in [5.74, 6) is 0.592. The van der Waals surface area contributed by atoms with Gasteiger partial charge in [0.2, 0.25) is 0 Å². The predicted octanol–water partition coefficient (Wildman–Crippen LogP) is 2.48. The lowest BCUT2D eigenvalue weighted by Gasteiger charge is -2.04. The second-order valence-corrected chi connectivity index (χ2v) is 3.70. The van der Waals surface area contributed by atoms with Gasteiger partial charge in [-0.15, -0.1) is 0 Å². The molecule has 0 spiro atoms. The van der Waals surface area contributed by atoms with E-state index in [-0.39, 0.29) is 0 Å². The Kier molecular flexibility index (Phi) is 3.48. The second kappa shape index (κ2) is 4.42. The van der Waals surface area contributed by atoms with Gasteiger partial charge in [0.15, 0.2) is 0 Å². The molecule has 0 heterocycles. The van der Waals surface area contributed by atoms with E-state index in [1.807, 2.05) is 32.0 Å². The zero-order valence-corrected chi connectivity index (χ0v) is 9.43. The fourth-order valence-corrected chi connectivity index (χ4v) is 1.78. The number of aliphatic imine (C=N–C) groups is 1. The molecule has 0 saturated carbocycles. The van der Waals surface area contributed by atoms with Crippen LogP contribution in [0.3, 0.4) is 0 Å². The first-order chi connectivity index (χ1) is 6.15. The Morgan fingerprint density at radius 2 is 2.23 bits per heavy atom. The molecule has 0 aliphatic rings. The van der Waals surface area contributed by atoms with Gasteiger partial charge in [0.05, 0.1) is 0 Å². The zero-order valence-electron chi connectivity index (χ0n) is 7.84. The maximum atomic E-state index is 5.78. The molecule has 0 radical (unpaired) electrons. The van der Waals surface area contributed by atoms with Crippen LogP contribution < -0.4 is 5.73 Å². The summed E-state index contributed by atoms with van der Waals surface area (Å²) in [5, 5.41) is 0. The molecule has 3 heteroatoms. The molecule has 0 fully saturated rings. The number of hydrogen-bond donors (Lipinski definition) is 1. The molecular weight excluding hydrogens is 228 g/mol. The van der Waals surface area contributed by atoms with Gasteiger partial charge in [0.1, 0.15) is 5.84 Å². The van der Waals surface area contributed by atoms with Gasteiger partial charge in [0.25, 0.3) is 0 Å². The standard InChI is InChI=1S/C10H13BrN2/c1-3-13-10(12)8-5-4-7(2)6-9(8)11/h4-6H,3H2,1-2H3,(H2,12,13). The minimum Gasteiger partial charge on any atom is -0.383 e. The molecule has 0 bridgehead atoms. The first kappa shape index (κ1) is 10.3. The van der Waals surface area contributed by atoms with Gasteiger partial charge >= 0.3 is 0 Å². The summed E-state index contributed by atoms with van der Waals surface area (Å²) in [6, 6.07) is 6.04. The van der Waals surface area contributed by atoms with E-state index in [0.29, 0.717) is 12.4 Å². The van der Waals surface area contributed by atoms with Crippen LogP contribution in [-0.4, -0.2) is 12.4 Å². The Hall–Kier alpha value is -0.830. The summed E-state index contributed by atoms with van der Waals surface area (Å²) in [6.45, 7) is 4.72. The molecule has 0 aromatic heterocycles. The molecule has 1 aromatic carbocycles. The fraction of sp³-hybridized carbons (Fsp3) is 0.300. The zero-order chi connectivity index (χ0) is 9.84. The number of nitrogens with two attached hydrogens (primary N) is 1. The predicted molar refractivity (Wildman–Crippen MR) is 60.1 cm³/mol. The van der Waals surface area contributed by atoms with Crippen LogP contribution in [-0.2, 0) is 0 Å². The lowest BCUT2D eigenvalue weighted by molar-refractivity contribution is 1.12. The Bertz CT molecular complexity index is 332. The van der Waals surface area contributed by atoms with E-state index in [4.69, 9.17) is 5.73 Å². The average Bonchev–Trinajstić information content (AvgIpc) is 2.04. The minimum atomic E-state index is 0.592. The van der Waals surface area contributed by atoms with Crippen molar-refractivity contribution in [1.29, 1.82) is 0 Å². The number of benzene rings is 1. The van der Waals surface area contributed by atoms with Crippen molar-refractivity contribution < 1.29 is 0 Å². The highest BCUT2D eigenvalue weighted by molar-refractivity contribution is 9.10. The van der Waals surface area contributed by atoms with Gasteiger partial charge in [-0.2, -0.15) is 0 Å². The van der Waals surface area contributed by atoms with Gasteiger partial charge in [-0.1, -0.05) is 22.0 Å². The molecule has 2 nitrogen and oxygen atoms in total. The lowest BCUT2D eigenvalue weighted by atomic mass is 10.1. The van der Waals surface area contributed by atoms with Gasteiger partial charge in [-0.25, -0.2) is 0 Å². The van der Waals surface area contributed by atoms with Gasteiger partial charge in [-0.05, 0) is 31.5 Å². The van der Waals surface area contributed by atoms with Crippen molar-refractivity contribution in [1.82, 2.24) is 0 Å². The summed E-state index contributed by atoms with van der Waals surface area (Å²) in [6.07, 6.45) is 0. The van der Waals surface area contributed by atoms with Crippen molar-refractivity contribution in [2.75, 3.05) is 6.54 Å². The number of aryl methyl sites for hydroxylation is 1. The third-order valence-corrected chi connectivity index (χ3v) is 2.39. The average molecular weight is 241 g/mol. The first-order valence-corrected chi connectivity index (χ1v) is 5.01. The number of hydrogen-bond acceptors (Lipinski definition) is 1. The molecular formula is C10H13BrN2. The van der Waals surface area contributed by atoms with Crippen LogP contribution in [0.2, 0.25) is 0 Å². The van der Waals surface area contributed by atoms with Crippen LogP contribution in [0.25, 0.3) is 0 Å². The van der Waals surface area contributed by atoms with Crippen LogP contribution >= 0.6 is 15.9 Å². The summed E-state index contributed by atoms with van der Waals surface area (Å²) >= 11 is 3.46. The molecule has 0 atom stereocenters. The molecule has 0 aliphatic carbocycles. The molecule has 0 unspecified atom stereocenters. The molecule has 1 aromatic rings. The van der Waals surface area contributed by atoms with Crippen LogP contribution in [0.5, 0.6) is 0 Å². The van der Waals surface area contributed by atoms with E-state index in [9.17, 15) is 0 Å². The molecule has 13 heavy (non-hydrogen) atoms. The monoisotopic (exact) mass is 240 g/mol. The van der Waals surface area contributed by atoms with Crippen LogP contribution in [0.1, 0.15) is 18.1 Å². The van der Waals surface area contributed by atoms with E-state index in [1.54, 1.807) is 0 Å². The van der Waals surface area contributed by atoms with Crippen molar-refractivity contribution in [2.24, 2.45) is 10.7 Å². The minimum absolute atomic E-state index is 0.592. The highest BCUT2D eigenvalue weighted by Crippen LogP contribution is 2.17. The maximum Gasteiger partial charge on any atom is 0.126 e. The summed E-state index contributed by atoms with van der Waals surface area (Å²) in [4.78, 5) is 4.15. The third kappa shape index (κ3) is 2.56. The van der Waals surface area contributed by atoms with Crippen molar-refractivity contribution in [3.05, 3.63) is 33.8 Å². The van der Waals surface area contributed by atoms with Crippen molar-refractivity contribution in [3.63, 3.8) is 0 Å². The molecule has 0 aliphatic heterocycles. The summed E-state index contributed by atoms with van der Waals surface area (Å²) in [7, 11) is 0. The van der Waals surface area contributed by atoms with Crippen molar-refractivity contribution >= 4 is 21.8 Å². The third-order valence-electron chi connectivity index (χ3n) is 1.73. The Morgan fingerprint density at radius 1 is 1.54 bits per heavy atom. The van der Waals surface area contributed by atoms with E-state index in [1.165, 1.54) is 5.56 Å². The van der Waals surface area contributed by atoms with Gasteiger partial charge in [-0.3, -0.25) is 4.99 Å². The van der Waals surface area contributed by atoms with Crippen molar-refractivity contribution in [3.8, 4) is 0 Å². The van der Waals surface area contributed by atoms with Crippen molar-refractivity contribution in [2.45, 2.75) is 13.8 Å². The molecule has 0 saturated heterocycles. The van der Waals surface area contributed by atoms with E-state index < -0.39 is 0 Å². The van der Waals surface area contributed by atoms with E-state index in [2.05, 4.69) is 20.9 Å². The van der Waals surface area contributed by atoms with E-state index >= 15 is 0 Å². The summed E-state index contributed by atoms with van der Waals surface area (Å²) < 4.78 is 1.00. The molecule has 2 N–H and O–H groups in total. The lowest BCUT2D eigenvalue weighted by Crippen LogP contribution is -2.14. The van der Waals surface area contributed by atoms with Crippen LogP contribution in [0.4, 0.5) is 0 Å². The first-order valence-electron chi connectivity index (χ1n) is 4.21. The summed E-state index contributed by atoms with van der Waals surface area (Å²) in [5.41, 5.74) is 7.95. The Labute approximate surface area is 87.0 Å². The van der Waals surface area contributed by atoms with Crippen LogP contribution in [0.15, 0.2) is 27.7 Å². The number of amidine groups is 1. The fourth-order valence-electron chi connectivity index (χ4n) is 1.08. The molecule has 1 rings (SSSR count). The SMILES string of the molecule is CCN=C(N)c1ccc(C)cc1Br. The maximum absolute atomic E-state index is 5.78.